The van der Waals surface area contributed by atoms with Gasteiger partial charge in [-0.05, 0) is 26.2 Å². The van der Waals surface area contributed by atoms with Crippen molar-refractivity contribution in [2.45, 2.75) is 12.5 Å². The van der Waals surface area contributed by atoms with Crippen LogP contribution in [-0.4, -0.2) is 49.8 Å². The maximum Gasteiger partial charge on any atom is 0.105 e. The number of nitrogens with zero attached hydrogens (tertiary/aromatic N) is 1. The van der Waals surface area contributed by atoms with Crippen molar-refractivity contribution in [3.8, 4) is 0 Å². The Kier molecular flexibility index (Phi) is 5.39. The van der Waals surface area contributed by atoms with E-state index in [-0.39, 0.29) is 6.10 Å². The Labute approximate surface area is 90.9 Å². The maximum absolute atomic E-state index is 9.55. The van der Waals surface area contributed by atoms with E-state index in [1.807, 2.05) is 31.1 Å². The molecule has 0 fully saturated rings. The fourth-order valence-electron chi connectivity index (χ4n) is 1.42. The molecule has 0 aliphatic carbocycles. The van der Waals surface area contributed by atoms with Crippen LogP contribution in [0, 0.1) is 0 Å². The molecule has 0 saturated heterocycles. The van der Waals surface area contributed by atoms with Crippen molar-refractivity contribution in [1.82, 2.24) is 10.2 Å². The minimum absolute atomic E-state index is 0.309. The van der Waals surface area contributed by atoms with Crippen LogP contribution < -0.4 is 5.32 Å². The van der Waals surface area contributed by atoms with Crippen LogP contribution in [0.1, 0.15) is 5.76 Å². The van der Waals surface area contributed by atoms with Crippen LogP contribution in [0.25, 0.3) is 0 Å². The Morgan fingerprint density at radius 1 is 1.53 bits per heavy atom. The van der Waals surface area contributed by atoms with Crippen LogP contribution in [0.5, 0.6) is 0 Å². The molecule has 0 amide bonds. The summed E-state index contributed by atoms with van der Waals surface area (Å²) in [5, 5.41) is 12.7. The molecule has 0 aliphatic rings. The Morgan fingerprint density at radius 2 is 2.33 bits per heavy atom. The molecule has 15 heavy (non-hydrogen) atoms. The molecule has 0 saturated carbocycles. The zero-order valence-corrected chi connectivity index (χ0v) is 9.44. The summed E-state index contributed by atoms with van der Waals surface area (Å²) < 4.78 is 5.19. The molecule has 0 bridgehead atoms. The predicted octanol–water partition coefficient (Wildman–Crippen LogP) is 0.334. The van der Waals surface area contributed by atoms with Gasteiger partial charge in [-0.2, -0.15) is 0 Å². The summed E-state index contributed by atoms with van der Waals surface area (Å²) >= 11 is 0. The first-order valence-electron chi connectivity index (χ1n) is 5.24. The molecular formula is C11H20N2O2. The molecule has 4 nitrogen and oxygen atoms in total. The van der Waals surface area contributed by atoms with Crippen LogP contribution >= 0.6 is 0 Å². The summed E-state index contributed by atoms with van der Waals surface area (Å²) in [5.74, 6) is 0.976. The fraction of sp³-hybridized carbons (Fsp3) is 0.636. The van der Waals surface area contributed by atoms with Crippen molar-refractivity contribution in [2.24, 2.45) is 0 Å². The molecule has 1 atom stereocenters. The highest BCUT2D eigenvalue weighted by molar-refractivity contribution is 4.98. The van der Waals surface area contributed by atoms with E-state index in [9.17, 15) is 5.11 Å². The number of aliphatic hydroxyl groups is 1. The lowest BCUT2D eigenvalue weighted by Crippen LogP contribution is -2.35. The molecule has 0 spiro atoms. The average molecular weight is 212 g/mol. The van der Waals surface area contributed by atoms with E-state index in [0.717, 1.165) is 18.7 Å². The molecule has 1 aromatic heterocycles. The molecule has 0 radical (unpaired) electrons. The third-order valence-corrected chi connectivity index (χ3v) is 2.08. The third-order valence-electron chi connectivity index (χ3n) is 2.08. The number of rotatable bonds is 7. The Morgan fingerprint density at radius 3 is 2.93 bits per heavy atom. The van der Waals surface area contributed by atoms with Gasteiger partial charge < -0.3 is 19.7 Å². The van der Waals surface area contributed by atoms with E-state index >= 15 is 0 Å². The first kappa shape index (κ1) is 12.2. The van der Waals surface area contributed by atoms with Gasteiger partial charge in [0.2, 0.25) is 0 Å². The van der Waals surface area contributed by atoms with Gasteiger partial charge in [-0.3, -0.25) is 0 Å². The maximum atomic E-state index is 9.55. The second-order valence-corrected chi connectivity index (χ2v) is 3.95. The molecule has 4 heteroatoms. The van der Waals surface area contributed by atoms with Gasteiger partial charge in [0.1, 0.15) is 5.76 Å². The lowest BCUT2D eigenvalue weighted by Gasteiger charge is -2.16. The highest BCUT2D eigenvalue weighted by Crippen LogP contribution is 1.99. The molecule has 1 rings (SSSR count). The number of hydrogen-bond donors (Lipinski definition) is 2. The quantitative estimate of drug-likeness (QED) is 0.640. The van der Waals surface area contributed by atoms with Gasteiger partial charge in [-0.25, -0.2) is 0 Å². The van der Waals surface area contributed by atoms with E-state index in [1.165, 1.54) is 0 Å². The summed E-state index contributed by atoms with van der Waals surface area (Å²) in [6.45, 7) is 2.14. The van der Waals surface area contributed by atoms with Crippen molar-refractivity contribution in [3.05, 3.63) is 24.2 Å². The van der Waals surface area contributed by atoms with Gasteiger partial charge in [0.15, 0.2) is 0 Å². The van der Waals surface area contributed by atoms with Crippen LogP contribution in [-0.2, 0) is 6.42 Å². The summed E-state index contributed by atoms with van der Waals surface area (Å²) in [5.41, 5.74) is 0. The number of furan rings is 1. The molecule has 2 N–H and O–H groups in total. The molecular weight excluding hydrogens is 192 g/mol. The van der Waals surface area contributed by atoms with Crippen LogP contribution in [0.3, 0.4) is 0 Å². The highest BCUT2D eigenvalue weighted by atomic mass is 16.3. The first-order valence-corrected chi connectivity index (χ1v) is 5.24. The summed E-state index contributed by atoms with van der Waals surface area (Å²) in [6.07, 6.45) is 2.23. The minimum atomic E-state index is -0.309. The monoisotopic (exact) mass is 212 g/mol. The molecule has 0 aromatic carbocycles. The predicted molar refractivity (Wildman–Crippen MR) is 59.8 cm³/mol. The van der Waals surface area contributed by atoms with Crippen molar-refractivity contribution < 1.29 is 9.52 Å². The number of nitrogens with one attached hydrogen (secondary N) is 1. The zero-order valence-electron chi connectivity index (χ0n) is 9.44. The second kappa shape index (κ2) is 6.61. The van der Waals surface area contributed by atoms with E-state index < -0.39 is 0 Å². The number of likely N-dealkylation sites (N-methyl/N-ethyl adjacent to an activating group) is 1. The van der Waals surface area contributed by atoms with Crippen molar-refractivity contribution in [1.29, 1.82) is 0 Å². The smallest absolute Gasteiger partial charge is 0.105 e. The van der Waals surface area contributed by atoms with Gasteiger partial charge in [0.05, 0.1) is 12.4 Å². The molecule has 0 aliphatic heterocycles. The molecule has 1 unspecified atom stereocenters. The average Bonchev–Trinajstić information content (AvgIpc) is 2.63. The van der Waals surface area contributed by atoms with Crippen molar-refractivity contribution >= 4 is 0 Å². The Balaban J connectivity index is 2.01. The number of hydrogen-bond acceptors (Lipinski definition) is 4. The first-order chi connectivity index (χ1) is 7.18. The van der Waals surface area contributed by atoms with Gasteiger partial charge in [0.25, 0.3) is 0 Å². The molecule has 86 valence electrons. The lowest BCUT2D eigenvalue weighted by atomic mass is 10.3. The highest BCUT2D eigenvalue weighted by Gasteiger charge is 2.04. The van der Waals surface area contributed by atoms with E-state index in [0.29, 0.717) is 13.1 Å². The standard InChI is InChI=1S/C11H20N2O2/c1-13(2)9-10(14)8-12-6-5-11-4-3-7-15-11/h3-4,7,10,12,14H,5-6,8-9H2,1-2H3. The van der Waals surface area contributed by atoms with Gasteiger partial charge >= 0.3 is 0 Å². The van der Waals surface area contributed by atoms with E-state index in [4.69, 9.17) is 4.42 Å². The molecule has 1 aromatic rings. The van der Waals surface area contributed by atoms with Crippen LogP contribution in [0.2, 0.25) is 0 Å². The van der Waals surface area contributed by atoms with Crippen LogP contribution in [0.15, 0.2) is 22.8 Å². The minimum Gasteiger partial charge on any atom is -0.469 e. The van der Waals surface area contributed by atoms with Crippen molar-refractivity contribution in [2.75, 3.05) is 33.7 Å². The number of aliphatic hydroxyl groups excluding tert-OH is 1. The topological polar surface area (TPSA) is 48.6 Å². The molecule has 1 heterocycles. The summed E-state index contributed by atoms with van der Waals surface area (Å²) in [7, 11) is 3.90. The summed E-state index contributed by atoms with van der Waals surface area (Å²) in [6, 6.07) is 3.84. The van der Waals surface area contributed by atoms with Gasteiger partial charge in [0, 0.05) is 26.1 Å². The van der Waals surface area contributed by atoms with Crippen LogP contribution in [0.4, 0.5) is 0 Å². The fourth-order valence-corrected chi connectivity index (χ4v) is 1.42. The van der Waals surface area contributed by atoms with Gasteiger partial charge in [-0.1, -0.05) is 0 Å². The largest absolute Gasteiger partial charge is 0.469 e. The van der Waals surface area contributed by atoms with E-state index in [2.05, 4.69) is 5.32 Å². The second-order valence-electron chi connectivity index (χ2n) is 3.95. The van der Waals surface area contributed by atoms with E-state index in [1.54, 1.807) is 6.26 Å². The Hall–Kier alpha value is -0.840. The Bertz CT molecular complexity index is 247. The zero-order chi connectivity index (χ0) is 11.1. The van der Waals surface area contributed by atoms with Gasteiger partial charge in [-0.15, -0.1) is 0 Å². The van der Waals surface area contributed by atoms with Crippen molar-refractivity contribution in [3.63, 3.8) is 0 Å². The SMILES string of the molecule is CN(C)CC(O)CNCCc1ccco1. The summed E-state index contributed by atoms with van der Waals surface area (Å²) in [4.78, 5) is 1.97. The lowest BCUT2D eigenvalue weighted by molar-refractivity contribution is 0.135. The normalized spacial score (nSPS) is 13.3. The third kappa shape index (κ3) is 5.57.